The van der Waals surface area contributed by atoms with Crippen LogP contribution in [0, 0.1) is 5.92 Å². The van der Waals surface area contributed by atoms with Crippen LogP contribution in [0.1, 0.15) is 36.0 Å². The zero-order valence-corrected chi connectivity index (χ0v) is 13.0. The van der Waals surface area contributed by atoms with E-state index >= 15 is 0 Å². The molecule has 0 bridgehead atoms. The molecule has 0 radical (unpaired) electrons. The van der Waals surface area contributed by atoms with Crippen LogP contribution in [0.2, 0.25) is 5.02 Å². The van der Waals surface area contributed by atoms with Gasteiger partial charge in [-0.3, -0.25) is 9.59 Å². The molecule has 2 fully saturated rings. The summed E-state index contributed by atoms with van der Waals surface area (Å²) in [6.45, 7) is 1.24. The maximum absolute atomic E-state index is 12.2. The molecule has 0 unspecified atom stereocenters. The number of hydrogen-bond acceptors (Lipinski definition) is 3. The van der Waals surface area contributed by atoms with Gasteiger partial charge in [-0.1, -0.05) is 11.6 Å². The van der Waals surface area contributed by atoms with Crippen molar-refractivity contribution in [3.63, 3.8) is 0 Å². The molecule has 3 rings (SSSR count). The molecular weight excluding hydrogens is 304 g/mol. The molecule has 1 saturated carbocycles. The number of amides is 2. The van der Waals surface area contributed by atoms with E-state index in [2.05, 4.69) is 10.6 Å². The van der Waals surface area contributed by atoms with Crippen molar-refractivity contribution < 1.29 is 14.3 Å². The van der Waals surface area contributed by atoms with Crippen LogP contribution in [-0.4, -0.2) is 31.1 Å². The third-order valence-corrected chi connectivity index (χ3v) is 4.31. The first kappa shape index (κ1) is 15.3. The van der Waals surface area contributed by atoms with E-state index in [0.717, 1.165) is 25.7 Å². The molecule has 2 N–H and O–H groups in total. The van der Waals surface area contributed by atoms with Crippen molar-refractivity contribution in [2.24, 2.45) is 5.92 Å². The third kappa shape index (κ3) is 3.78. The topological polar surface area (TPSA) is 67.4 Å². The van der Waals surface area contributed by atoms with Crippen molar-refractivity contribution >= 4 is 29.1 Å². The molecule has 0 aromatic heterocycles. The van der Waals surface area contributed by atoms with Gasteiger partial charge in [0.05, 0.1) is 10.6 Å². The molecule has 6 heteroatoms. The summed E-state index contributed by atoms with van der Waals surface area (Å²) in [7, 11) is 0. The molecule has 1 aliphatic carbocycles. The first-order valence-electron chi connectivity index (χ1n) is 7.62. The Hall–Kier alpha value is -1.59. The van der Waals surface area contributed by atoms with Crippen LogP contribution in [0.3, 0.4) is 0 Å². The minimum atomic E-state index is -0.185. The fraction of sp³-hybridized carbons (Fsp3) is 0.500. The monoisotopic (exact) mass is 322 g/mol. The van der Waals surface area contributed by atoms with Crippen molar-refractivity contribution in [1.29, 1.82) is 0 Å². The van der Waals surface area contributed by atoms with Gasteiger partial charge in [-0.25, -0.2) is 0 Å². The second-order valence-corrected chi connectivity index (χ2v) is 6.23. The summed E-state index contributed by atoms with van der Waals surface area (Å²) < 4.78 is 5.26. The lowest BCUT2D eigenvalue weighted by Crippen LogP contribution is -2.29. The van der Waals surface area contributed by atoms with Crippen LogP contribution >= 0.6 is 11.6 Å². The minimum Gasteiger partial charge on any atom is -0.381 e. The number of carbonyl (C=O) groups excluding carboxylic acids is 2. The molecule has 1 aliphatic heterocycles. The lowest BCUT2D eigenvalue weighted by Gasteiger charge is -2.21. The molecule has 1 saturated heterocycles. The molecule has 2 amide bonds. The van der Waals surface area contributed by atoms with E-state index < -0.39 is 0 Å². The van der Waals surface area contributed by atoms with Gasteiger partial charge in [-0.15, -0.1) is 0 Å². The molecule has 0 spiro atoms. The Bertz CT molecular complexity index is 581. The largest absolute Gasteiger partial charge is 0.381 e. The highest BCUT2D eigenvalue weighted by molar-refractivity contribution is 6.34. The van der Waals surface area contributed by atoms with Crippen LogP contribution in [-0.2, 0) is 9.53 Å². The number of ether oxygens (including phenoxy) is 1. The van der Waals surface area contributed by atoms with Crippen molar-refractivity contribution in [2.45, 2.75) is 31.7 Å². The first-order chi connectivity index (χ1) is 10.6. The van der Waals surface area contributed by atoms with Crippen LogP contribution in [0.5, 0.6) is 0 Å². The molecule has 1 aromatic rings. The molecule has 22 heavy (non-hydrogen) atoms. The minimum absolute atomic E-state index is 0.0285. The predicted octanol–water partition coefficient (Wildman–Crippen LogP) is 2.60. The maximum Gasteiger partial charge on any atom is 0.253 e. The summed E-state index contributed by atoms with van der Waals surface area (Å²) in [5.74, 6) is -0.248. The van der Waals surface area contributed by atoms with Crippen LogP contribution < -0.4 is 10.6 Å². The van der Waals surface area contributed by atoms with Gasteiger partial charge in [0.15, 0.2) is 0 Å². The lowest BCUT2D eigenvalue weighted by atomic mass is 9.99. The second kappa shape index (κ2) is 6.67. The summed E-state index contributed by atoms with van der Waals surface area (Å²) in [5, 5.41) is 6.16. The summed E-state index contributed by atoms with van der Waals surface area (Å²) in [6, 6.07) is 5.26. The van der Waals surface area contributed by atoms with Gasteiger partial charge in [0.2, 0.25) is 5.91 Å². The van der Waals surface area contributed by atoms with Gasteiger partial charge in [-0.2, -0.15) is 0 Å². The van der Waals surface area contributed by atoms with E-state index in [-0.39, 0.29) is 23.8 Å². The highest BCUT2D eigenvalue weighted by atomic mass is 35.5. The number of carbonyl (C=O) groups is 2. The van der Waals surface area contributed by atoms with E-state index in [0.29, 0.717) is 29.5 Å². The molecule has 0 atom stereocenters. The Labute approximate surface area is 134 Å². The Morgan fingerprint density at radius 2 is 1.86 bits per heavy atom. The van der Waals surface area contributed by atoms with E-state index in [9.17, 15) is 9.59 Å². The maximum atomic E-state index is 12.2. The Morgan fingerprint density at radius 1 is 1.14 bits per heavy atom. The molecular formula is C16H19ClN2O3. The third-order valence-electron chi connectivity index (χ3n) is 3.98. The zero-order chi connectivity index (χ0) is 15.5. The Kier molecular flexibility index (Phi) is 4.64. The number of nitrogens with one attached hydrogen (secondary N) is 2. The number of anilines is 1. The van der Waals surface area contributed by atoms with Crippen molar-refractivity contribution in [1.82, 2.24) is 5.32 Å². The van der Waals surface area contributed by atoms with Gasteiger partial charge >= 0.3 is 0 Å². The van der Waals surface area contributed by atoms with Gasteiger partial charge in [0.25, 0.3) is 5.91 Å². The number of benzene rings is 1. The average molecular weight is 323 g/mol. The molecule has 118 valence electrons. The van der Waals surface area contributed by atoms with Gasteiger partial charge in [0.1, 0.15) is 0 Å². The van der Waals surface area contributed by atoms with Crippen LogP contribution in [0.4, 0.5) is 5.69 Å². The summed E-state index contributed by atoms with van der Waals surface area (Å²) in [5.41, 5.74) is 1.00. The SMILES string of the molecule is O=C(NC1CC1)c1cc(NC(=O)C2CCOCC2)ccc1Cl. The number of halogens is 1. The Morgan fingerprint density at radius 3 is 2.55 bits per heavy atom. The van der Waals surface area contributed by atoms with Gasteiger partial charge < -0.3 is 15.4 Å². The van der Waals surface area contributed by atoms with E-state index in [1.165, 1.54) is 0 Å². The standard InChI is InChI=1S/C16H19ClN2O3/c17-14-4-3-12(9-13(14)16(21)18-11-1-2-11)19-15(20)10-5-7-22-8-6-10/h3-4,9-11H,1-2,5-8H2,(H,18,21)(H,19,20). The summed E-state index contributed by atoms with van der Waals surface area (Å²) >= 11 is 6.09. The average Bonchev–Trinajstić information content (AvgIpc) is 3.34. The Balaban J connectivity index is 1.67. The van der Waals surface area contributed by atoms with Crippen molar-refractivity contribution in [2.75, 3.05) is 18.5 Å². The normalized spacial score (nSPS) is 18.8. The van der Waals surface area contributed by atoms with Crippen molar-refractivity contribution in [3.8, 4) is 0 Å². The molecule has 1 heterocycles. The highest BCUT2D eigenvalue weighted by Crippen LogP contribution is 2.25. The highest BCUT2D eigenvalue weighted by Gasteiger charge is 2.25. The van der Waals surface area contributed by atoms with E-state index in [1.807, 2.05) is 0 Å². The van der Waals surface area contributed by atoms with E-state index in [1.54, 1.807) is 18.2 Å². The van der Waals surface area contributed by atoms with Gasteiger partial charge in [0, 0.05) is 30.9 Å². The van der Waals surface area contributed by atoms with E-state index in [4.69, 9.17) is 16.3 Å². The number of rotatable bonds is 4. The fourth-order valence-corrected chi connectivity index (χ4v) is 2.68. The van der Waals surface area contributed by atoms with Crippen LogP contribution in [0.15, 0.2) is 18.2 Å². The van der Waals surface area contributed by atoms with Crippen molar-refractivity contribution in [3.05, 3.63) is 28.8 Å². The predicted molar refractivity (Wildman–Crippen MR) is 84.1 cm³/mol. The number of hydrogen-bond donors (Lipinski definition) is 2. The molecule has 2 aliphatic rings. The molecule has 5 nitrogen and oxygen atoms in total. The van der Waals surface area contributed by atoms with Crippen LogP contribution in [0.25, 0.3) is 0 Å². The zero-order valence-electron chi connectivity index (χ0n) is 12.2. The quantitative estimate of drug-likeness (QED) is 0.895. The smallest absolute Gasteiger partial charge is 0.253 e. The second-order valence-electron chi connectivity index (χ2n) is 5.82. The summed E-state index contributed by atoms with van der Waals surface area (Å²) in [4.78, 5) is 24.4. The first-order valence-corrected chi connectivity index (χ1v) is 8.00. The summed E-state index contributed by atoms with van der Waals surface area (Å²) in [6.07, 6.45) is 3.50. The van der Waals surface area contributed by atoms with Gasteiger partial charge in [-0.05, 0) is 43.9 Å². The fourth-order valence-electron chi connectivity index (χ4n) is 2.47. The lowest BCUT2D eigenvalue weighted by molar-refractivity contribution is -0.122. The molecule has 1 aromatic carbocycles.